The van der Waals surface area contributed by atoms with E-state index in [1.807, 2.05) is 25.1 Å². The lowest BCUT2D eigenvalue weighted by molar-refractivity contribution is -0.131. The van der Waals surface area contributed by atoms with Crippen LogP contribution in [0.2, 0.25) is 0 Å². The van der Waals surface area contributed by atoms with Gasteiger partial charge in [0, 0.05) is 6.92 Å². The van der Waals surface area contributed by atoms with E-state index in [2.05, 4.69) is 19.6 Å². The molecule has 1 aliphatic rings. The zero-order chi connectivity index (χ0) is 17.4. The molecular formula is C21H22O3. The number of rotatable bonds is 3. The molecule has 2 aromatic carbocycles. The Morgan fingerprint density at radius 1 is 1.17 bits per heavy atom. The van der Waals surface area contributed by atoms with E-state index >= 15 is 0 Å². The smallest absolute Gasteiger partial charge is 0.308 e. The Hall–Kier alpha value is -2.55. The van der Waals surface area contributed by atoms with Crippen LogP contribution >= 0.6 is 0 Å². The fourth-order valence-corrected chi connectivity index (χ4v) is 3.64. The third kappa shape index (κ3) is 2.50. The van der Waals surface area contributed by atoms with Crippen LogP contribution in [0.5, 0.6) is 11.5 Å². The first-order chi connectivity index (χ1) is 11.5. The maximum Gasteiger partial charge on any atom is 0.308 e. The highest BCUT2D eigenvalue weighted by atomic mass is 16.5. The SMILES string of the molecule is C=Cc1c(C)c(OC(C)=O)cc2c1-c1ccc(OC)c(C)c1CC2. The zero-order valence-corrected chi connectivity index (χ0v) is 14.7. The first-order valence-corrected chi connectivity index (χ1v) is 8.12. The van der Waals surface area contributed by atoms with Gasteiger partial charge in [0.15, 0.2) is 0 Å². The van der Waals surface area contributed by atoms with Gasteiger partial charge < -0.3 is 9.47 Å². The number of hydrogen-bond acceptors (Lipinski definition) is 3. The molecule has 0 aliphatic heterocycles. The second-order valence-corrected chi connectivity index (χ2v) is 6.16. The lowest BCUT2D eigenvalue weighted by Crippen LogP contribution is -2.11. The highest BCUT2D eigenvalue weighted by Gasteiger charge is 2.24. The average molecular weight is 322 g/mol. The number of benzene rings is 2. The summed E-state index contributed by atoms with van der Waals surface area (Å²) in [5.41, 5.74) is 8.12. The summed E-state index contributed by atoms with van der Waals surface area (Å²) in [7, 11) is 1.70. The van der Waals surface area contributed by atoms with Crippen molar-refractivity contribution in [1.82, 2.24) is 0 Å². The minimum atomic E-state index is -0.301. The molecule has 0 N–H and O–H groups in total. The zero-order valence-electron chi connectivity index (χ0n) is 14.7. The number of methoxy groups -OCH3 is 1. The lowest BCUT2D eigenvalue weighted by Gasteiger charge is -2.26. The van der Waals surface area contributed by atoms with Crippen LogP contribution in [0.1, 0.15) is 34.7 Å². The van der Waals surface area contributed by atoms with Gasteiger partial charge in [0.1, 0.15) is 11.5 Å². The van der Waals surface area contributed by atoms with Gasteiger partial charge in [-0.2, -0.15) is 0 Å². The number of ether oxygens (including phenoxy) is 2. The van der Waals surface area contributed by atoms with Gasteiger partial charge in [0.25, 0.3) is 0 Å². The van der Waals surface area contributed by atoms with Crippen LogP contribution < -0.4 is 9.47 Å². The van der Waals surface area contributed by atoms with Crippen molar-refractivity contribution in [1.29, 1.82) is 0 Å². The molecule has 0 saturated carbocycles. The molecule has 0 heterocycles. The van der Waals surface area contributed by atoms with Crippen LogP contribution in [0, 0.1) is 13.8 Å². The molecule has 24 heavy (non-hydrogen) atoms. The standard InChI is InChI=1S/C21H22O3/c1-6-16-12(2)20(24-14(4)22)11-15-7-8-17-13(3)19(23-5)10-9-18(17)21(15)16/h6,9-11H,1,7-8H2,2-5H3. The second-order valence-electron chi connectivity index (χ2n) is 6.16. The van der Waals surface area contributed by atoms with E-state index in [0.29, 0.717) is 5.75 Å². The average Bonchev–Trinajstić information content (AvgIpc) is 2.55. The predicted molar refractivity (Wildman–Crippen MR) is 96.7 cm³/mol. The van der Waals surface area contributed by atoms with Crippen LogP contribution in [0.15, 0.2) is 24.8 Å². The van der Waals surface area contributed by atoms with E-state index in [1.165, 1.54) is 34.7 Å². The summed E-state index contributed by atoms with van der Waals surface area (Å²) >= 11 is 0. The van der Waals surface area contributed by atoms with Crippen LogP contribution in [-0.4, -0.2) is 13.1 Å². The normalized spacial score (nSPS) is 12.2. The molecule has 0 fully saturated rings. The van der Waals surface area contributed by atoms with Gasteiger partial charge >= 0.3 is 5.97 Å². The van der Waals surface area contributed by atoms with Gasteiger partial charge in [-0.05, 0) is 77.8 Å². The number of carbonyl (C=O) groups is 1. The summed E-state index contributed by atoms with van der Waals surface area (Å²) in [4.78, 5) is 11.4. The molecular weight excluding hydrogens is 300 g/mol. The summed E-state index contributed by atoms with van der Waals surface area (Å²) < 4.78 is 10.9. The van der Waals surface area contributed by atoms with Crippen molar-refractivity contribution in [3.05, 3.63) is 52.6 Å². The summed E-state index contributed by atoms with van der Waals surface area (Å²) in [6.07, 6.45) is 3.71. The van der Waals surface area contributed by atoms with Gasteiger partial charge in [-0.1, -0.05) is 18.7 Å². The maximum atomic E-state index is 11.4. The Balaban J connectivity index is 2.27. The van der Waals surface area contributed by atoms with Gasteiger partial charge in [-0.15, -0.1) is 0 Å². The molecule has 0 bridgehead atoms. The lowest BCUT2D eigenvalue weighted by atomic mass is 9.79. The van der Waals surface area contributed by atoms with Gasteiger partial charge in [-0.3, -0.25) is 4.79 Å². The molecule has 124 valence electrons. The van der Waals surface area contributed by atoms with Crippen LogP contribution in [-0.2, 0) is 17.6 Å². The number of aryl methyl sites for hydroxylation is 1. The molecule has 0 amide bonds. The molecule has 0 atom stereocenters. The van der Waals surface area contributed by atoms with E-state index in [9.17, 15) is 4.79 Å². The van der Waals surface area contributed by atoms with Gasteiger partial charge in [-0.25, -0.2) is 0 Å². The van der Waals surface area contributed by atoms with Crippen LogP contribution in [0.25, 0.3) is 17.2 Å². The van der Waals surface area contributed by atoms with E-state index in [0.717, 1.165) is 29.7 Å². The fourth-order valence-electron chi connectivity index (χ4n) is 3.64. The maximum absolute atomic E-state index is 11.4. The number of hydrogen-bond donors (Lipinski definition) is 0. The third-order valence-corrected chi connectivity index (χ3v) is 4.81. The Labute approximate surface area is 142 Å². The monoisotopic (exact) mass is 322 g/mol. The Bertz CT molecular complexity index is 847. The Morgan fingerprint density at radius 3 is 2.54 bits per heavy atom. The van der Waals surface area contributed by atoms with Gasteiger partial charge in [0.2, 0.25) is 0 Å². The highest BCUT2D eigenvalue weighted by molar-refractivity contribution is 5.86. The molecule has 3 nitrogen and oxygen atoms in total. The van der Waals surface area contributed by atoms with Gasteiger partial charge in [0.05, 0.1) is 7.11 Å². The molecule has 2 aromatic rings. The Morgan fingerprint density at radius 2 is 1.92 bits per heavy atom. The van der Waals surface area contributed by atoms with Crippen molar-refractivity contribution >= 4 is 12.0 Å². The summed E-state index contributed by atoms with van der Waals surface area (Å²) in [6.45, 7) is 9.49. The molecule has 0 unspecified atom stereocenters. The molecule has 0 aromatic heterocycles. The summed E-state index contributed by atoms with van der Waals surface area (Å²) in [5, 5.41) is 0. The van der Waals surface area contributed by atoms with Crippen molar-refractivity contribution in [3.63, 3.8) is 0 Å². The minimum Gasteiger partial charge on any atom is -0.496 e. The summed E-state index contributed by atoms with van der Waals surface area (Å²) in [5.74, 6) is 1.25. The van der Waals surface area contributed by atoms with E-state index in [1.54, 1.807) is 7.11 Å². The van der Waals surface area contributed by atoms with E-state index in [-0.39, 0.29) is 5.97 Å². The quantitative estimate of drug-likeness (QED) is 0.610. The number of esters is 1. The topological polar surface area (TPSA) is 35.5 Å². The van der Waals surface area contributed by atoms with Crippen molar-refractivity contribution in [2.24, 2.45) is 0 Å². The van der Waals surface area contributed by atoms with E-state index in [4.69, 9.17) is 9.47 Å². The predicted octanol–water partition coefficient (Wildman–Crippen LogP) is 4.65. The van der Waals surface area contributed by atoms with Crippen molar-refractivity contribution in [2.75, 3.05) is 7.11 Å². The first-order valence-electron chi connectivity index (χ1n) is 8.12. The molecule has 0 spiro atoms. The largest absolute Gasteiger partial charge is 0.496 e. The molecule has 1 aliphatic carbocycles. The van der Waals surface area contributed by atoms with Crippen molar-refractivity contribution in [3.8, 4) is 22.6 Å². The molecule has 3 rings (SSSR count). The summed E-state index contributed by atoms with van der Waals surface area (Å²) in [6, 6.07) is 6.14. The molecule has 0 radical (unpaired) electrons. The second kappa shape index (κ2) is 6.16. The van der Waals surface area contributed by atoms with Crippen LogP contribution in [0.4, 0.5) is 0 Å². The first kappa shape index (κ1) is 16.3. The molecule has 3 heteroatoms. The Kier molecular flexibility index (Phi) is 4.18. The van der Waals surface area contributed by atoms with Crippen LogP contribution in [0.3, 0.4) is 0 Å². The number of fused-ring (bicyclic) bond motifs is 3. The van der Waals surface area contributed by atoms with Crippen molar-refractivity contribution < 1.29 is 14.3 Å². The number of carbonyl (C=O) groups excluding carboxylic acids is 1. The van der Waals surface area contributed by atoms with Crippen molar-refractivity contribution in [2.45, 2.75) is 33.6 Å². The fraction of sp³-hybridized carbons (Fsp3) is 0.286. The minimum absolute atomic E-state index is 0.301. The third-order valence-electron chi connectivity index (χ3n) is 4.81. The highest BCUT2D eigenvalue weighted by Crippen LogP contribution is 2.43. The molecule has 0 saturated heterocycles. The van der Waals surface area contributed by atoms with E-state index < -0.39 is 0 Å².